The van der Waals surface area contributed by atoms with Crippen LogP contribution in [0.5, 0.6) is 0 Å². The number of amides is 2. The molecule has 1 saturated carbocycles. The maximum Gasteiger partial charge on any atom is 0.319 e. The van der Waals surface area contributed by atoms with Gasteiger partial charge in [-0.1, -0.05) is 30.7 Å². The van der Waals surface area contributed by atoms with E-state index in [0.29, 0.717) is 17.8 Å². The first-order valence-electron chi connectivity index (χ1n) is 10.9. The highest BCUT2D eigenvalue weighted by atomic mass is 16.2. The van der Waals surface area contributed by atoms with Crippen LogP contribution < -0.4 is 0 Å². The van der Waals surface area contributed by atoms with E-state index in [1.165, 1.54) is 69.3 Å². The molecule has 0 N–H and O–H groups in total. The second-order valence-electron chi connectivity index (χ2n) is 9.08. The smallest absolute Gasteiger partial charge is 0.319 e. The average molecular weight is 370 g/mol. The van der Waals surface area contributed by atoms with Crippen molar-refractivity contribution in [2.24, 2.45) is 11.8 Å². The van der Waals surface area contributed by atoms with Gasteiger partial charge in [-0.3, -0.25) is 0 Å². The molecule has 148 valence electrons. The molecule has 3 aliphatic rings. The Morgan fingerprint density at radius 3 is 2.48 bits per heavy atom. The number of hydrogen-bond acceptors (Lipinski definition) is 2. The molecule has 2 saturated heterocycles. The molecule has 4 heteroatoms. The first-order chi connectivity index (χ1) is 13.1. The van der Waals surface area contributed by atoms with Crippen LogP contribution >= 0.6 is 0 Å². The molecule has 3 atom stereocenters. The molecule has 4 nitrogen and oxygen atoms in total. The van der Waals surface area contributed by atoms with Crippen molar-refractivity contribution in [3.8, 4) is 0 Å². The zero-order chi connectivity index (χ0) is 18.8. The van der Waals surface area contributed by atoms with E-state index in [-0.39, 0.29) is 6.03 Å². The molecule has 27 heavy (non-hydrogen) atoms. The summed E-state index contributed by atoms with van der Waals surface area (Å²) in [6, 6.07) is 9.64. The largest absolute Gasteiger partial charge is 0.331 e. The monoisotopic (exact) mass is 369 g/mol. The maximum absolute atomic E-state index is 12.4. The minimum absolute atomic E-state index is 0.181. The molecule has 0 radical (unpaired) electrons. The third kappa shape index (κ3) is 4.16. The van der Waals surface area contributed by atoms with Gasteiger partial charge in [-0.25, -0.2) is 4.79 Å². The summed E-state index contributed by atoms with van der Waals surface area (Å²) in [6.45, 7) is 5.65. The van der Waals surface area contributed by atoms with Crippen molar-refractivity contribution < 1.29 is 4.79 Å². The van der Waals surface area contributed by atoms with E-state index >= 15 is 0 Å². The topological polar surface area (TPSA) is 26.8 Å². The Balaban J connectivity index is 1.39. The maximum atomic E-state index is 12.4. The van der Waals surface area contributed by atoms with Crippen LogP contribution in [0.15, 0.2) is 24.3 Å². The van der Waals surface area contributed by atoms with Gasteiger partial charge in [0.15, 0.2) is 0 Å². The highest BCUT2D eigenvalue weighted by Gasteiger charge is 2.42. The lowest BCUT2D eigenvalue weighted by molar-refractivity contribution is 0.179. The van der Waals surface area contributed by atoms with E-state index in [1.807, 2.05) is 14.1 Å². The van der Waals surface area contributed by atoms with Crippen molar-refractivity contribution in [2.45, 2.75) is 44.4 Å². The van der Waals surface area contributed by atoms with E-state index in [9.17, 15) is 4.79 Å². The first-order valence-corrected chi connectivity index (χ1v) is 10.9. The van der Waals surface area contributed by atoms with Gasteiger partial charge in [0.1, 0.15) is 0 Å². The third-order valence-electron chi connectivity index (χ3n) is 7.07. The lowest BCUT2D eigenvalue weighted by atomic mass is 9.71. The predicted octanol–water partition coefficient (Wildman–Crippen LogP) is 3.82. The van der Waals surface area contributed by atoms with Gasteiger partial charge in [-0.05, 0) is 74.1 Å². The second kappa shape index (κ2) is 8.22. The number of rotatable bonds is 4. The number of urea groups is 1. The molecule has 1 aromatic carbocycles. The lowest BCUT2D eigenvalue weighted by Crippen LogP contribution is -2.38. The Morgan fingerprint density at radius 1 is 1.04 bits per heavy atom. The second-order valence-corrected chi connectivity index (χ2v) is 9.08. The van der Waals surface area contributed by atoms with Crippen molar-refractivity contribution >= 4 is 6.03 Å². The van der Waals surface area contributed by atoms with E-state index in [4.69, 9.17) is 0 Å². The third-order valence-corrected chi connectivity index (χ3v) is 7.07. The Kier molecular flexibility index (Phi) is 5.72. The van der Waals surface area contributed by atoms with Crippen molar-refractivity contribution in [3.05, 3.63) is 35.4 Å². The number of likely N-dealkylation sites (tertiary alicyclic amines) is 2. The summed E-state index contributed by atoms with van der Waals surface area (Å²) < 4.78 is 0. The normalized spacial score (nSPS) is 28.4. The van der Waals surface area contributed by atoms with Gasteiger partial charge in [0.2, 0.25) is 0 Å². The SMILES string of the molecule is CN(C)C(=O)N1CC2CCCC(c3ccc(CCN4CCCC4)cc3)C2C1. The van der Waals surface area contributed by atoms with Crippen LogP contribution in [0.4, 0.5) is 4.79 Å². The highest BCUT2D eigenvalue weighted by molar-refractivity contribution is 5.74. The summed E-state index contributed by atoms with van der Waals surface area (Å²) in [4.78, 5) is 18.8. The lowest BCUT2D eigenvalue weighted by Gasteiger charge is -2.33. The highest BCUT2D eigenvalue weighted by Crippen LogP contribution is 2.45. The molecule has 4 rings (SSSR count). The minimum atomic E-state index is 0.181. The molecule has 1 aromatic rings. The molecule has 3 unspecified atom stereocenters. The quantitative estimate of drug-likeness (QED) is 0.807. The van der Waals surface area contributed by atoms with Gasteiger partial charge in [0, 0.05) is 33.7 Å². The van der Waals surface area contributed by atoms with Gasteiger partial charge in [-0.2, -0.15) is 0 Å². The van der Waals surface area contributed by atoms with Crippen molar-refractivity contribution in [2.75, 3.05) is 46.8 Å². The van der Waals surface area contributed by atoms with Crippen LogP contribution in [0.3, 0.4) is 0 Å². The summed E-state index contributed by atoms with van der Waals surface area (Å²) >= 11 is 0. The van der Waals surface area contributed by atoms with Crippen LogP contribution in [0, 0.1) is 11.8 Å². The number of fused-ring (bicyclic) bond motifs is 1. The van der Waals surface area contributed by atoms with Crippen LogP contribution in [0.25, 0.3) is 0 Å². The summed E-state index contributed by atoms with van der Waals surface area (Å²) in [5, 5.41) is 0. The van der Waals surface area contributed by atoms with Crippen LogP contribution in [-0.2, 0) is 6.42 Å². The van der Waals surface area contributed by atoms with Gasteiger partial charge in [0.25, 0.3) is 0 Å². The van der Waals surface area contributed by atoms with Gasteiger partial charge in [-0.15, -0.1) is 0 Å². The Labute approximate surface area is 164 Å². The molecule has 0 bridgehead atoms. The van der Waals surface area contributed by atoms with Crippen molar-refractivity contribution in [3.63, 3.8) is 0 Å². The summed E-state index contributed by atoms with van der Waals surface area (Å²) in [7, 11) is 3.73. The number of hydrogen-bond donors (Lipinski definition) is 0. The first kappa shape index (κ1) is 18.8. The zero-order valence-corrected chi connectivity index (χ0v) is 17.1. The number of benzene rings is 1. The molecule has 0 spiro atoms. The van der Waals surface area contributed by atoms with E-state index in [2.05, 4.69) is 34.1 Å². The molecular weight excluding hydrogens is 334 g/mol. The molecule has 2 heterocycles. The number of carbonyl (C=O) groups is 1. The van der Waals surface area contributed by atoms with Gasteiger partial charge in [0.05, 0.1) is 0 Å². The fourth-order valence-electron chi connectivity index (χ4n) is 5.55. The van der Waals surface area contributed by atoms with Crippen LogP contribution in [-0.4, -0.2) is 67.5 Å². The molecular formula is C23H35N3O. The van der Waals surface area contributed by atoms with E-state index in [0.717, 1.165) is 13.1 Å². The van der Waals surface area contributed by atoms with Crippen molar-refractivity contribution in [1.82, 2.24) is 14.7 Å². The number of carbonyl (C=O) groups excluding carboxylic acids is 1. The molecule has 2 amide bonds. The fourth-order valence-corrected chi connectivity index (χ4v) is 5.55. The van der Waals surface area contributed by atoms with Crippen LogP contribution in [0.2, 0.25) is 0 Å². The fraction of sp³-hybridized carbons (Fsp3) is 0.696. The number of nitrogens with zero attached hydrogens (tertiary/aromatic N) is 3. The Hall–Kier alpha value is -1.55. The van der Waals surface area contributed by atoms with Crippen molar-refractivity contribution in [1.29, 1.82) is 0 Å². The Morgan fingerprint density at radius 2 is 1.78 bits per heavy atom. The predicted molar refractivity (Wildman–Crippen MR) is 110 cm³/mol. The van der Waals surface area contributed by atoms with Gasteiger partial charge < -0.3 is 14.7 Å². The van der Waals surface area contributed by atoms with E-state index < -0.39 is 0 Å². The molecule has 3 fully saturated rings. The standard InChI is InChI=1S/C23H35N3O/c1-24(2)23(27)26-16-20-6-5-7-21(22(20)17-26)19-10-8-18(9-11-19)12-15-25-13-3-4-14-25/h8-11,20-22H,3-7,12-17H2,1-2H3. The zero-order valence-electron chi connectivity index (χ0n) is 17.1. The minimum Gasteiger partial charge on any atom is -0.331 e. The van der Waals surface area contributed by atoms with Crippen LogP contribution in [0.1, 0.15) is 49.1 Å². The average Bonchev–Trinajstić information content (AvgIpc) is 3.35. The van der Waals surface area contributed by atoms with E-state index in [1.54, 1.807) is 4.90 Å². The molecule has 2 aliphatic heterocycles. The Bertz CT molecular complexity index is 636. The molecule has 1 aliphatic carbocycles. The summed E-state index contributed by atoms with van der Waals surface area (Å²) in [5.74, 6) is 1.94. The summed E-state index contributed by atoms with van der Waals surface area (Å²) in [5.41, 5.74) is 2.96. The summed E-state index contributed by atoms with van der Waals surface area (Å²) in [6.07, 6.45) is 7.77. The molecule has 0 aromatic heterocycles. The van der Waals surface area contributed by atoms with Gasteiger partial charge >= 0.3 is 6.03 Å².